The molecule has 3 rings (SSSR count). The molecule has 2 nitrogen and oxygen atoms in total. The van der Waals surface area contributed by atoms with E-state index in [1.54, 1.807) is 0 Å². The Morgan fingerprint density at radius 2 is 1.63 bits per heavy atom. The van der Waals surface area contributed by atoms with Crippen LogP contribution in [-0.2, 0) is 0 Å². The molecule has 0 aliphatic rings. The van der Waals surface area contributed by atoms with Crippen LogP contribution >= 0.6 is 60.0 Å². The lowest BCUT2D eigenvalue weighted by atomic mass is 10.3. The molecule has 0 spiro atoms. The van der Waals surface area contributed by atoms with Gasteiger partial charge in [0.25, 0.3) is 0 Å². The first-order valence-electron chi connectivity index (χ1n) is 5.42. The Morgan fingerprint density at radius 1 is 0.947 bits per heavy atom. The summed E-state index contributed by atoms with van der Waals surface area (Å²) in [7, 11) is 0. The SMILES string of the molecule is S=c1[nH]c2ccc(Br)cc2n1-c1ccc(Br)cc1Br. The van der Waals surface area contributed by atoms with Gasteiger partial charge in [0, 0.05) is 13.4 Å². The Kier molecular flexibility index (Phi) is 3.68. The van der Waals surface area contributed by atoms with Crippen LogP contribution in [0.4, 0.5) is 0 Å². The smallest absolute Gasteiger partial charge is 0.182 e. The van der Waals surface area contributed by atoms with E-state index in [-0.39, 0.29) is 0 Å². The Bertz CT molecular complexity index is 836. The second-order valence-electron chi connectivity index (χ2n) is 4.02. The average molecular weight is 463 g/mol. The van der Waals surface area contributed by atoms with E-state index in [0.29, 0.717) is 4.77 Å². The lowest BCUT2D eigenvalue weighted by Gasteiger charge is -2.08. The van der Waals surface area contributed by atoms with Gasteiger partial charge >= 0.3 is 0 Å². The van der Waals surface area contributed by atoms with Gasteiger partial charge in [-0.25, -0.2) is 0 Å². The minimum absolute atomic E-state index is 0.677. The highest BCUT2D eigenvalue weighted by molar-refractivity contribution is 9.11. The van der Waals surface area contributed by atoms with Gasteiger partial charge in [0.1, 0.15) is 0 Å². The van der Waals surface area contributed by atoms with Crippen LogP contribution in [0, 0.1) is 4.77 Å². The molecule has 0 fully saturated rings. The van der Waals surface area contributed by atoms with Crippen molar-refractivity contribution < 1.29 is 0 Å². The highest BCUT2D eigenvalue weighted by Crippen LogP contribution is 2.29. The molecule has 0 aliphatic carbocycles. The number of hydrogen-bond acceptors (Lipinski definition) is 1. The maximum Gasteiger partial charge on any atom is 0.182 e. The van der Waals surface area contributed by atoms with Crippen LogP contribution < -0.4 is 0 Å². The highest BCUT2D eigenvalue weighted by atomic mass is 79.9. The summed E-state index contributed by atoms with van der Waals surface area (Å²) < 4.78 is 5.73. The van der Waals surface area contributed by atoms with E-state index in [0.717, 1.165) is 30.1 Å². The van der Waals surface area contributed by atoms with Crippen molar-refractivity contribution in [1.29, 1.82) is 0 Å². The van der Waals surface area contributed by atoms with Crippen molar-refractivity contribution in [1.82, 2.24) is 9.55 Å². The predicted octanol–water partition coefficient (Wildman–Crippen LogP) is 5.98. The molecule has 1 aromatic heterocycles. The molecule has 1 N–H and O–H groups in total. The van der Waals surface area contributed by atoms with Crippen molar-refractivity contribution in [3.63, 3.8) is 0 Å². The molecule has 0 saturated carbocycles. The molecule has 6 heteroatoms. The normalized spacial score (nSPS) is 11.1. The van der Waals surface area contributed by atoms with Gasteiger partial charge in [0.2, 0.25) is 0 Å². The van der Waals surface area contributed by atoms with Crippen molar-refractivity contribution in [2.24, 2.45) is 0 Å². The zero-order valence-corrected chi connectivity index (χ0v) is 15.0. The van der Waals surface area contributed by atoms with Crippen LogP contribution in [0.15, 0.2) is 49.8 Å². The van der Waals surface area contributed by atoms with Crippen molar-refractivity contribution in [2.75, 3.05) is 0 Å². The second-order valence-corrected chi connectivity index (χ2v) is 7.10. The number of rotatable bonds is 1. The number of imidazole rings is 1. The van der Waals surface area contributed by atoms with Gasteiger partial charge in [-0.1, -0.05) is 31.9 Å². The fraction of sp³-hybridized carbons (Fsp3) is 0. The maximum atomic E-state index is 5.43. The number of aromatic nitrogens is 2. The average Bonchev–Trinajstić information content (AvgIpc) is 2.65. The Hall–Kier alpha value is -0.430. The van der Waals surface area contributed by atoms with Crippen molar-refractivity contribution in [2.45, 2.75) is 0 Å². The molecule has 3 aromatic rings. The van der Waals surface area contributed by atoms with Crippen LogP contribution in [0.3, 0.4) is 0 Å². The minimum atomic E-state index is 0.677. The summed E-state index contributed by atoms with van der Waals surface area (Å²) in [4.78, 5) is 3.22. The fourth-order valence-corrected chi connectivity index (χ4v) is 3.86. The number of H-pyrrole nitrogens is 1. The molecular weight excluding hydrogens is 456 g/mol. The third kappa shape index (κ3) is 2.46. The van der Waals surface area contributed by atoms with Gasteiger partial charge in [-0.2, -0.15) is 0 Å². The van der Waals surface area contributed by atoms with Gasteiger partial charge in [0.15, 0.2) is 4.77 Å². The first-order valence-corrected chi connectivity index (χ1v) is 8.21. The summed E-state index contributed by atoms with van der Waals surface area (Å²) in [6, 6.07) is 12.1. The van der Waals surface area contributed by atoms with Crippen LogP contribution in [0.2, 0.25) is 0 Å². The molecule has 2 aromatic carbocycles. The molecule has 0 atom stereocenters. The summed E-state index contributed by atoms with van der Waals surface area (Å²) in [5, 5.41) is 0. The van der Waals surface area contributed by atoms with Gasteiger partial charge < -0.3 is 4.98 Å². The number of halogens is 3. The molecule has 0 bridgehead atoms. The van der Waals surface area contributed by atoms with E-state index in [1.807, 2.05) is 34.9 Å². The highest BCUT2D eigenvalue weighted by Gasteiger charge is 2.10. The predicted molar refractivity (Wildman–Crippen MR) is 91.6 cm³/mol. The largest absolute Gasteiger partial charge is 0.330 e. The number of nitrogens with zero attached hydrogens (tertiary/aromatic N) is 1. The van der Waals surface area contributed by atoms with Crippen LogP contribution in [0.5, 0.6) is 0 Å². The summed E-state index contributed by atoms with van der Waals surface area (Å²) >= 11 is 16.0. The zero-order valence-electron chi connectivity index (χ0n) is 9.45. The minimum Gasteiger partial charge on any atom is -0.330 e. The van der Waals surface area contributed by atoms with Gasteiger partial charge in [-0.3, -0.25) is 4.57 Å². The molecule has 0 amide bonds. The summed E-state index contributed by atoms with van der Waals surface area (Å²) in [6.07, 6.45) is 0. The summed E-state index contributed by atoms with van der Waals surface area (Å²) in [5.41, 5.74) is 3.07. The summed E-state index contributed by atoms with van der Waals surface area (Å²) in [6.45, 7) is 0. The first kappa shape index (κ1) is 13.5. The second kappa shape index (κ2) is 5.16. The van der Waals surface area contributed by atoms with E-state index < -0.39 is 0 Å². The molecule has 0 aliphatic heterocycles. The topological polar surface area (TPSA) is 20.7 Å². The van der Waals surface area contributed by atoms with Crippen molar-refractivity contribution in [3.8, 4) is 5.69 Å². The van der Waals surface area contributed by atoms with Crippen LogP contribution in [0.25, 0.3) is 16.7 Å². The monoisotopic (exact) mass is 460 g/mol. The zero-order chi connectivity index (χ0) is 13.6. The Balaban J connectivity index is 2.38. The van der Waals surface area contributed by atoms with Gasteiger partial charge in [-0.15, -0.1) is 0 Å². The molecule has 96 valence electrons. The molecule has 0 saturated heterocycles. The third-order valence-electron chi connectivity index (χ3n) is 2.80. The number of benzene rings is 2. The van der Waals surface area contributed by atoms with E-state index in [4.69, 9.17) is 12.2 Å². The lowest BCUT2D eigenvalue weighted by Crippen LogP contribution is -1.95. The molecule has 0 radical (unpaired) electrons. The first-order chi connectivity index (χ1) is 9.06. The molecular formula is C13H7Br3N2S. The fourth-order valence-electron chi connectivity index (χ4n) is 1.98. The van der Waals surface area contributed by atoms with Gasteiger partial charge in [0.05, 0.1) is 16.7 Å². The van der Waals surface area contributed by atoms with Crippen LogP contribution in [-0.4, -0.2) is 9.55 Å². The number of fused-ring (bicyclic) bond motifs is 1. The number of nitrogens with one attached hydrogen (secondary N) is 1. The number of aromatic amines is 1. The van der Waals surface area contributed by atoms with E-state index >= 15 is 0 Å². The van der Waals surface area contributed by atoms with Gasteiger partial charge in [-0.05, 0) is 64.5 Å². The Morgan fingerprint density at radius 3 is 2.37 bits per heavy atom. The third-order valence-corrected chi connectivity index (χ3v) is 4.70. The lowest BCUT2D eigenvalue weighted by molar-refractivity contribution is 1.06. The van der Waals surface area contributed by atoms with E-state index in [1.165, 1.54) is 0 Å². The molecule has 1 heterocycles. The van der Waals surface area contributed by atoms with Crippen molar-refractivity contribution in [3.05, 3.63) is 54.6 Å². The van der Waals surface area contributed by atoms with E-state index in [2.05, 4.69) is 58.8 Å². The van der Waals surface area contributed by atoms with E-state index in [9.17, 15) is 0 Å². The molecule has 0 unspecified atom stereocenters. The number of hydrogen-bond donors (Lipinski definition) is 1. The quantitative estimate of drug-likeness (QED) is 0.441. The van der Waals surface area contributed by atoms with Crippen molar-refractivity contribution >= 4 is 71.0 Å². The molecule has 19 heavy (non-hydrogen) atoms. The maximum absolute atomic E-state index is 5.43. The Labute approximate surface area is 140 Å². The standard InChI is InChI=1S/C13H7Br3N2S/c14-7-2-4-11(9(16)5-7)18-12-6-8(15)1-3-10(12)17-13(18)19/h1-6H,(H,17,19). The van der Waals surface area contributed by atoms with Crippen LogP contribution in [0.1, 0.15) is 0 Å². The summed E-state index contributed by atoms with van der Waals surface area (Å²) in [5.74, 6) is 0.